The van der Waals surface area contributed by atoms with Gasteiger partial charge >= 0.3 is 0 Å². The molecule has 29 heavy (non-hydrogen) atoms. The molecule has 2 fully saturated rings. The molecule has 166 valence electrons. The smallest absolute Gasteiger partial charge is 0.122 e. The minimum absolute atomic E-state index is 0. The fourth-order valence-corrected chi connectivity index (χ4v) is 6.00. The van der Waals surface area contributed by atoms with Crippen LogP contribution in [0.5, 0.6) is 5.75 Å². The van der Waals surface area contributed by atoms with Gasteiger partial charge in [0.15, 0.2) is 0 Å². The molecule has 4 unspecified atom stereocenters. The van der Waals surface area contributed by atoms with Crippen LogP contribution in [0.3, 0.4) is 0 Å². The minimum atomic E-state index is 0. The Kier molecular flexibility index (Phi) is 8.24. The molecule has 0 aromatic heterocycles. The van der Waals surface area contributed by atoms with Gasteiger partial charge in [-0.15, -0.1) is 0 Å². The molecule has 0 amide bonds. The predicted octanol–water partition coefficient (Wildman–Crippen LogP) is 7.60. The van der Waals surface area contributed by atoms with Crippen molar-refractivity contribution in [2.24, 2.45) is 23.7 Å². The summed E-state index contributed by atoms with van der Waals surface area (Å²) in [6, 6.07) is 4.38. The normalized spacial score (nSPS) is 27.2. The fraction of sp³-hybridized carbons (Fsp3) is 0.778. The Hall–Kier alpha value is -1.02. The molecular formula is C27H46O2. The zero-order chi connectivity index (χ0) is 20.6. The number of benzene rings is 1. The van der Waals surface area contributed by atoms with Gasteiger partial charge in [-0.05, 0) is 65.5 Å². The summed E-state index contributed by atoms with van der Waals surface area (Å²) in [5.74, 6) is 5.57. The summed E-state index contributed by atoms with van der Waals surface area (Å²) in [5, 5.41) is 0. The highest BCUT2D eigenvalue weighted by atomic mass is 16.5. The van der Waals surface area contributed by atoms with E-state index in [1.54, 1.807) is 0 Å². The molecule has 4 rings (SSSR count). The quantitative estimate of drug-likeness (QED) is 0.516. The zero-order valence-corrected chi connectivity index (χ0v) is 19.4. The maximum atomic E-state index is 6.02. The lowest BCUT2D eigenvalue weighted by molar-refractivity contribution is 0.0803. The van der Waals surface area contributed by atoms with Gasteiger partial charge in [-0.2, -0.15) is 0 Å². The average Bonchev–Trinajstić information content (AvgIpc) is 3.35. The lowest BCUT2D eigenvalue weighted by Crippen LogP contribution is -2.34. The second-order valence-electron chi connectivity index (χ2n) is 10.4. The van der Waals surface area contributed by atoms with Crippen molar-refractivity contribution in [3.8, 4) is 5.75 Å². The van der Waals surface area contributed by atoms with E-state index in [-0.39, 0.29) is 7.43 Å². The third-order valence-corrected chi connectivity index (χ3v) is 7.08. The molecule has 3 heterocycles. The van der Waals surface area contributed by atoms with Gasteiger partial charge < -0.3 is 9.47 Å². The molecule has 0 radical (unpaired) electrons. The molecule has 0 aliphatic carbocycles. The first-order valence-electron chi connectivity index (χ1n) is 11.7. The van der Waals surface area contributed by atoms with Gasteiger partial charge in [0.25, 0.3) is 0 Å². The highest BCUT2D eigenvalue weighted by molar-refractivity contribution is 5.49. The average molecular weight is 403 g/mol. The molecule has 2 nitrogen and oxygen atoms in total. The van der Waals surface area contributed by atoms with E-state index < -0.39 is 0 Å². The summed E-state index contributed by atoms with van der Waals surface area (Å²) in [6.45, 7) is 19.4. The highest BCUT2D eigenvalue weighted by Gasteiger charge is 2.50. The van der Waals surface area contributed by atoms with Crippen molar-refractivity contribution in [1.82, 2.24) is 0 Å². The van der Waals surface area contributed by atoms with Crippen LogP contribution in [-0.4, -0.2) is 18.8 Å². The van der Waals surface area contributed by atoms with Gasteiger partial charge in [-0.25, -0.2) is 0 Å². The Morgan fingerprint density at radius 3 is 1.79 bits per heavy atom. The number of hydrogen-bond donors (Lipinski definition) is 0. The molecular weight excluding hydrogens is 356 g/mol. The Morgan fingerprint density at radius 2 is 1.34 bits per heavy atom. The SMILES string of the molecule is C.CC(C)C1C2CCC(O2)C1C(C)C.CC(C)c1ccc2c(c1C(C)C)CCO2. The van der Waals surface area contributed by atoms with E-state index in [1.807, 2.05) is 0 Å². The molecule has 0 saturated carbocycles. The second kappa shape index (κ2) is 9.86. The van der Waals surface area contributed by atoms with E-state index in [1.165, 1.54) is 29.5 Å². The highest BCUT2D eigenvalue weighted by Crippen LogP contribution is 2.49. The zero-order valence-electron chi connectivity index (χ0n) is 19.4. The fourth-order valence-electron chi connectivity index (χ4n) is 6.00. The van der Waals surface area contributed by atoms with Crippen LogP contribution in [-0.2, 0) is 11.2 Å². The van der Waals surface area contributed by atoms with Crippen molar-refractivity contribution in [1.29, 1.82) is 0 Å². The van der Waals surface area contributed by atoms with Crippen molar-refractivity contribution in [2.45, 2.75) is 106 Å². The standard InChI is InChI=1S/C14H20O.C12H22O.CH4/c1-9(2)11-5-6-13-12(7-8-15-13)14(11)10(3)4;1-7(2)11-9-5-6-10(13-9)12(11)8(3)4;/h5-6,9-10H,7-8H2,1-4H3;7-12H,5-6H2,1-4H3;1H4. The van der Waals surface area contributed by atoms with Crippen molar-refractivity contribution in [2.75, 3.05) is 6.61 Å². The Bertz CT molecular complexity index is 639. The van der Waals surface area contributed by atoms with Gasteiger partial charge in [0.1, 0.15) is 5.75 Å². The summed E-state index contributed by atoms with van der Waals surface area (Å²) in [5.41, 5.74) is 4.48. The summed E-state index contributed by atoms with van der Waals surface area (Å²) >= 11 is 0. The largest absolute Gasteiger partial charge is 0.493 e. The van der Waals surface area contributed by atoms with Crippen molar-refractivity contribution < 1.29 is 9.47 Å². The van der Waals surface area contributed by atoms with E-state index in [2.05, 4.69) is 67.5 Å². The molecule has 2 heteroatoms. The van der Waals surface area contributed by atoms with Crippen molar-refractivity contribution in [3.05, 3.63) is 28.8 Å². The maximum absolute atomic E-state index is 6.02. The van der Waals surface area contributed by atoms with Crippen LogP contribution in [0.15, 0.2) is 12.1 Å². The van der Waals surface area contributed by atoms with Crippen molar-refractivity contribution >= 4 is 0 Å². The second-order valence-corrected chi connectivity index (χ2v) is 10.4. The summed E-state index contributed by atoms with van der Waals surface area (Å²) in [7, 11) is 0. The maximum Gasteiger partial charge on any atom is 0.122 e. The van der Waals surface area contributed by atoms with Gasteiger partial charge in [0.2, 0.25) is 0 Å². The lowest BCUT2D eigenvalue weighted by Gasteiger charge is -2.33. The molecule has 4 atom stereocenters. The van der Waals surface area contributed by atoms with E-state index in [9.17, 15) is 0 Å². The molecule has 3 aliphatic rings. The van der Waals surface area contributed by atoms with Crippen molar-refractivity contribution in [3.63, 3.8) is 0 Å². The van der Waals surface area contributed by atoms with Gasteiger partial charge in [0, 0.05) is 12.0 Å². The van der Waals surface area contributed by atoms with E-state index in [0.717, 1.165) is 42.4 Å². The van der Waals surface area contributed by atoms with Gasteiger partial charge in [-0.3, -0.25) is 0 Å². The van der Waals surface area contributed by atoms with Crippen LogP contribution >= 0.6 is 0 Å². The van der Waals surface area contributed by atoms with Crippen LogP contribution < -0.4 is 4.74 Å². The van der Waals surface area contributed by atoms with Crippen LogP contribution in [0.1, 0.15) is 104 Å². The molecule has 1 aromatic rings. The molecule has 0 N–H and O–H groups in total. The summed E-state index contributed by atoms with van der Waals surface area (Å²) in [6.07, 6.45) is 4.91. The molecule has 1 aromatic carbocycles. The molecule has 0 spiro atoms. The van der Waals surface area contributed by atoms with E-state index in [4.69, 9.17) is 9.47 Å². The first-order valence-corrected chi connectivity index (χ1v) is 11.7. The number of fused-ring (bicyclic) bond motifs is 3. The molecule has 3 aliphatic heterocycles. The number of hydrogen-bond acceptors (Lipinski definition) is 2. The van der Waals surface area contributed by atoms with Crippen LogP contribution in [0, 0.1) is 23.7 Å². The molecule has 2 bridgehead atoms. The number of ether oxygens (including phenoxy) is 2. The van der Waals surface area contributed by atoms with E-state index in [0.29, 0.717) is 24.0 Å². The van der Waals surface area contributed by atoms with Gasteiger partial charge in [-0.1, -0.05) is 68.9 Å². The topological polar surface area (TPSA) is 18.5 Å². The first-order chi connectivity index (χ1) is 13.2. The van der Waals surface area contributed by atoms with E-state index >= 15 is 0 Å². The van der Waals surface area contributed by atoms with Crippen LogP contribution in [0.25, 0.3) is 0 Å². The third kappa shape index (κ3) is 4.84. The predicted molar refractivity (Wildman–Crippen MR) is 125 cm³/mol. The summed E-state index contributed by atoms with van der Waals surface area (Å²) < 4.78 is 11.6. The minimum Gasteiger partial charge on any atom is -0.493 e. The lowest BCUT2D eigenvalue weighted by atomic mass is 9.69. The van der Waals surface area contributed by atoms with Crippen LogP contribution in [0.2, 0.25) is 0 Å². The third-order valence-electron chi connectivity index (χ3n) is 7.08. The Balaban J connectivity index is 0.000000202. The van der Waals surface area contributed by atoms with Crippen LogP contribution in [0.4, 0.5) is 0 Å². The monoisotopic (exact) mass is 402 g/mol. The Labute approximate surface area is 180 Å². The molecule has 2 saturated heterocycles. The summed E-state index contributed by atoms with van der Waals surface area (Å²) in [4.78, 5) is 0. The number of rotatable bonds is 4. The Morgan fingerprint density at radius 1 is 0.793 bits per heavy atom. The van der Waals surface area contributed by atoms with Gasteiger partial charge in [0.05, 0.1) is 18.8 Å². The first kappa shape index (κ1) is 24.3.